The van der Waals surface area contributed by atoms with Crippen LogP contribution in [0.15, 0.2) is 40.8 Å². The van der Waals surface area contributed by atoms with Crippen molar-refractivity contribution in [2.24, 2.45) is 0 Å². The van der Waals surface area contributed by atoms with Crippen molar-refractivity contribution in [1.29, 1.82) is 0 Å². The molecule has 2 heterocycles. The largest absolute Gasteiger partial charge is 0.454 e. The molecule has 0 aliphatic heterocycles. The Kier molecular flexibility index (Phi) is 3.45. The molecule has 0 amide bonds. The van der Waals surface area contributed by atoms with Crippen LogP contribution in [0.4, 0.5) is 5.69 Å². The number of aromatic amines is 1. The second-order valence-electron chi connectivity index (χ2n) is 3.88. The number of rotatable bonds is 4. The van der Waals surface area contributed by atoms with Crippen LogP contribution in [0.2, 0.25) is 0 Å². The fraction of sp³-hybridized carbons (Fsp3) is 0.0833. The first-order chi connectivity index (χ1) is 9.31. The lowest BCUT2D eigenvalue weighted by molar-refractivity contribution is 0.493. The van der Waals surface area contributed by atoms with Crippen molar-refractivity contribution in [1.82, 2.24) is 20.6 Å². The Morgan fingerprint density at radius 1 is 1.26 bits per heavy atom. The van der Waals surface area contributed by atoms with Crippen LogP contribution in [0, 0.1) is 3.77 Å². The summed E-state index contributed by atoms with van der Waals surface area (Å²) in [5.74, 6) is 1.48. The lowest BCUT2D eigenvalue weighted by atomic mass is 10.2. The van der Waals surface area contributed by atoms with Crippen molar-refractivity contribution in [3.63, 3.8) is 0 Å². The predicted molar refractivity (Wildman–Crippen MR) is 78.4 cm³/mol. The van der Waals surface area contributed by atoms with E-state index in [1.807, 2.05) is 36.4 Å². The molecule has 0 atom stereocenters. The Labute approximate surface area is 122 Å². The van der Waals surface area contributed by atoms with Crippen LogP contribution in [-0.4, -0.2) is 20.6 Å². The van der Waals surface area contributed by atoms with Gasteiger partial charge in [-0.15, -0.1) is 10.2 Å². The monoisotopic (exact) mass is 367 g/mol. The second kappa shape index (κ2) is 5.39. The van der Waals surface area contributed by atoms with Crippen molar-refractivity contribution in [2.75, 3.05) is 5.32 Å². The molecule has 2 aromatic heterocycles. The predicted octanol–water partition coefficient (Wildman–Crippen LogP) is 2.68. The molecule has 6 nitrogen and oxygen atoms in total. The number of benzene rings is 1. The van der Waals surface area contributed by atoms with Crippen LogP contribution in [0.25, 0.3) is 11.4 Å². The van der Waals surface area contributed by atoms with Crippen LogP contribution in [0.5, 0.6) is 0 Å². The highest BCUT2D eigenvalue weighted by Crippen LogP contribution is 2.19. The normalized spacial score (nSPS) is 10.6. The summed E-state index contributed by atoms with van der Waals surface area (Å²) in [5, 5.41) is 17.2. The Bertz CT molecular complexity index is 664. The summed E-state index contributed by atoms with van der Waals surface area (Å²) >= 11 is 2.15. The van der Waals surface area contributed by atoms with Crippen LogP contribution < -0.4 is 5.32 Å². The molecule has 3 rings (SSSR count). The number of halogens is 1. The maximum absolute atomic E-state index is 5.49. The molecule has 96 valence electrons. The van der Waals surface area contributed by atoms with Crippen molar-refractivity contribution in [3.8, 4) is 11.4 Å². The zero-order valence-electron chi connectivity index (χ0n) is 9.80. The van der Waals surface area contributed by atoms with Gasteiger partial charge in [-0.2, -0.15) is 5.21 Å². The number of tetrazole rings is 1. The number of hydrogen-bond donors (Lipinski definition) is 2. The molecule has 2 N–H and O–H groups in total. The third kappa shape index (κ3) is 2.92. The van der Waals surface area contributed by atoms with Gasteiger partial charge in [0.25, 0.3) is 0 Å². The van der Waals surface area contributed by atoms with Gasteiger partial charge in [-0.25, -0.2) is 0 Å². The first kappa shape index (κ1) is 12.2. The molecule has 0 radical (unpaired) electrons. The van der Waals surface area contributed by atoms with E-state index in [2.05, 4.69) is 48.5 Å². The summed E-state index contributed by atoms with van der Waals surface area (Å²) in [6.07, 6.45) is 0. The summed E-state index contributed by atoms with van der Waals surface area (Å²) in [7, 11) is 0. The smallest absolute Gasteiger partial charge is 0.204 e. The average Bonchev–Trinajstić information content (AvgIpc) is 3.08. The van der Waals surface area contributed by atoms with E-state index < -0.39 is 0 Å². The zero-order valence-corrected chi connectivity index (χ0v) is 12.0. The van der Waals surface area contributed by atoms with E-state index in [1.54, 1.807) is 0 Å². The Hall–Kier alpha value is -1.90. The summed E-state index contributed by atoms with van der Waals surface area (Å²) in [5.41, 5.74) is 1.89. The van der Waals surface area contributed by atoms with Gasteiger partial charge in [0.05, 0.1) is 6.54 Å². The van der Waals surface area contributed by atoms with Gasteiger partial charge in [-0.1, -0.05) is 12.1 Å². The van der Waals surface area contributed by atoms with Crippen LogP contribution in [-0.2, 0) is 6.54 Å². The average molecular weight is 367 g/mol. The number of hydrogen-bond acceptors (Lipinski definition) is 5. The minimum Gasteiger partial charge on any atom is -0.454 e. The van der Waals surface area contributed by atoms with Crippen LogP contribution in [0.3, 0.4) is 0 Å². The van der Waals surface area contributed by atoms with E-state index in [1.165, 1.54) is 0 Å². The van der Waals surface area contributed by atoms with Crippen molar-refractivity contribution >= 4 is 28.3 Å². The lowest BCUT2D eigenvalue weighted by Gasteiger charge is -2.05. The van der Waals surface area contributed by atoms with E-state index in [9.17, 15) is 0 Å². The van der Waals surface area contributed by atoms with E-state index >= 15 is 0 Å². The van der Waals surface area contributed by atoms with Crippen LogP contribution >= 0.6 is 22.6 Å². The standard InChI is InChI=1S/C12H10IN5O/c13-11-5-4-10(19-11)7-14-9-3-1-2-8(6-9)12-15-17-18-16-12/h1-6,14H,7H2,(H,15,16,17,18). The highest BCUT2D eigenvalue weighted by molar-refractivity contribution is 14.1. The van der Waals surface area contributed by atoms with E-state index in [0.717, 1.165) is 20.8 Å². The van der Waals surface area contributed by atoms with E-state index in [0.29, 0.717) is 12.4 Å². The van der Waals surface area contributed by atoms with Gasteiger partial charge >= 0.3 is 0 Å². The first-order valence-electron chi connectivity index (χ1n) is 5.63. The number of nitrogens with one attached hydrogen (secondary N) is 2. The molecule has 0 aliphatic carbocycles. The minimum atomic E-state index is 0.580. The molecule has 0 aliphatic rings. The minimum absolute atomic E-state index is 0.580. The molecule has 0 saturated heterocycles. The number of furan rings is 1. The van der Waals surface area contributed by atoms with Crippen molar-refractivity contribution in [2.45, 2.75) is 6.54 Å². The van der Waals surface area contributed by atoms with Gasteiger partial charge in [0.1, 0.15) is 5.76 Å². The van der Waals surface area contributed by atoms with Gasteiger partial charge in [0, 0.05) is 11.3 Å². The van der Waals surface area contributed by atoms with Gasteiger partial charge < -0.3 is 9.73 Å². The summed E-state index contributed by atoms with van der Waals surface area (Å²) in [6.45, 7) is 0.638. The van der Waals surface area contributed by atoms with Gasteiger partial charge in [0.15, 0.2) is 3.77 Å². The maximum atomic E-state index is 5.49. The molecule has 19 heavy (non-hydrogen) atoms. The first-order valence-corrected chi connectivity index (χ1v) is 6.71. The van der Waals surface area contributed by atoms with Crippen molar-refractivity contribution in [3.05, 3.63) is 45.9 Å². The van der Waals surface area contributed by atoms with E-state index in [4.69, 9.17) is 4.42 Å². The lowest BCUT2D eigenvalue weighted by Crippen LogP contribution is -1.98. The van der Waals surface area contributed by atoms with Crippen LogP contribution in [0.1, 0.15) is 5.76 Å². The Morgan fingerprint density at radius 2 is 2.21 bits per heavy atom. The zero-order chi connectivity index (χ0) is 13.1. The third-order valence-electron chi connectivity index (χ3n) is 2.56. The van der Waals surface area contributed by atoms with Gasteiger partial charge in [-0.05, 0) is 52.1 Å². The highest BCUT2D eigenvalue weighted by Gasteiger charge is 2.04. The molecule has 0 saturated carbocycles. The SMILES string of the molecule is Ic1ccc(CNc2cccc(-c3nn[nH]n3)c2)o1. The molecule has 0 fully saturated rings. The summed E-state index contributed by atoms with van der Waals surface area (Å²) in [6, 6.07) is 11.7. The number of aromatic nitrogens is 4. The molecule has 1 aromatic carbocycles. The third-order valence-corrected chi connectivity index (χ3v) is 3.14. The molecule has 7 heteroatoms. The molecular formula is C12H10IN5O. The molecule has 0 unspecified atom stereocenters. The molecular weight excluding hydrogens is 357 g/mol. The Morgan fingerprint density at radius 3 is 2.95 bits per heavy atom. The van der Waals surface area contributed by atoms with E-state index in [-0.39, 0.29) is 0 Å². The fourth-order valence-corrected chi connectivity index (χ4v) is 2.15. The highest BCUT2D eigenvalue weighted by atomic mass is 127. The number of anilines is 1. The van der Waals surface area contributed by atoms with Gasteiger partial charge in [0.2, 0.25) is 5.82 Å². The topological polar surface area (TPSA) is 79.6 Å². The fourth-order valence-electron chi connectivity index (χ4n) is 1.69. The maximum Gasteiger partial charge on any atom is 0.204 e. The summed E-state index contributed by atoms with van der Waals surface area (Å²) in [4.78, 5) is 0. The molecule has 0 bridgehead atoms. The van der Waals surface area contributed by atoms with Gasteiger partial charge in [-0.3, -0.25) is 0 Å². The molecule has 3 aromatic rings. The quantitative estimate of drug-likeness (QED) is 0.694. The number of nitrogens with zero attached hydrogens (tertiary/aromatic N) is 3. The Balaban J connectivity index is 1.73. The van der Waals surface area contributed by atoms with Crippen molar-refractivity contribution < 1.29 is 4.42 Å². The second-order valence-corrected chi connectivity index (χ2v) is 4.94. The molecule has 0 spiro atoms. The summed E-state index contributed by atoms with van der Waals surface area (Å²) < 4.78 is 6.38. The number of H-pyrrole nitrogens is 1.